The van der Waals surface area contributed by atoms with Gasteiger partial charge in [0.05, 0.1) is 6.54 Å². The lowest BCUT2D eigenvalue weighted by Gasteiger charge is -2.08. The summed E-state index contributed by atoms with van der Waals surface area (Å²) in [6, 6.07) is -1.61. The van der Waals surface area contributed by atoms with Crippen LogP contribution in [-0.2, 0) is 14.4 Å². The second kappa shape index (κ2) is 16.0. The van der Waals surface area contributed by atoms with Gasteiger partial charge in [-0.25, -0.2) is 0 Å². The van der Waals surface area contributed by atoms with Crippen LogP contribution >= 0.6 is 12.6 Å². The van der Waals surface area contributed by atoms with Crippen LogP contribution in [0.1, 0.15) is 19.3 Å². The zero-order valence-electron chi connectivity index (χ0n) is 12.1. The Labute approximate surface area is 133 Å². The summed E-state index contributed by atoms with van der Waals surface area (Å²) < 4.78 is 0. The van der Waals surface area contributed by atoms with Crippen LogP contribution in [0.4, 0.5) is 0 Å². The van der Waals surface area contributed by atoms with E-state index >= 15 is 0 Å². The first-order valence-electron chi connectivity index (χ1n) is 6.23. The van der Waals surface area contributed by atoms with E-state index in [-0.39, 0.29) is 17.8 Å². The van der Waals surface area contributed by atoms with Crippen molar-refractivity contribution < 1.29 is 35.2 Å². The van der Waals surface area contributed by atoms with Crippen LogP contribution in [0, 0.1) is 0 Å². The van der Waals surface area contributed by atoms with E-state index in [1.54, 1.807) is 0 Å². The van der Waals surface area contributed by atoms with Gasteiger partial charge in [0, 0.05) is 5.75 Å². The lowest BCUT2D eigenvalue weighted by molar-refractivity contribution is -0.140. The summed E-state index contributed by atoms with van der Waals surface area (Å²) in [6.45, 7) is 0.240. The minimum Gasteiger partial charge on any atom is -0.480 e. The molecule has 2 atom stereocenters. The Morgan fingerprint density at radius 1 is 1.09 bits per heavy atom. The highest BCUT2D eigenvalue weighted by atomic mass is 32.1. The maximum absolute atomic E-state index is 10.2. The molecule has 10 nitrogen and oxygen atoms in total. The van der Waals surface area contributed by atoms with Crippen LogP contribution in [0.5, 0.6) is 0 Å². The number of thiol groups is 1. The standard InChI is InChI=1S/C6H14N2O2.C5H9NO4S.H2O/c7-4-2-1-3-5(8)6(9)10;7-4(8)1-6-3(2-11)5(9)10;/h5H,1-4,7-8H2,(H,9,10);3,6,11H,1-2H2,(H,7,8)(H,9,10);1H2/t;3-;/m.1./s1. The minimum atomic E-state index is -1.10. The molecule has 1 unspecified atom stereocenters. The van der Waals surface area contributed by atoms with Gasteiger partial charge in [0.15, 0.2) is 0 Å². The molecule has 0 aromatic rings. The SMILES string of the molecule is NCCCCC(N)C(=O)O.O.O=C(O)CN[C@H](CS)C(=O)O. The first-order chi connectivity index (χ1) is 9.76. The fourth-order valence-corrected chi connectivity index (χ4v) is 1.36. The molecule has 0 fully saturated rings. The van der Waals surface area contributed by atoms with Gasteiger partial charge in [-0.3, -0.25) is 19.7 Å². The van der Waals surface area contributed by atoms with Gasteiger partial charge < -0.3 is 32.3 Å². The topological polar surface area (TPSA) is 207 Å². The van der Waals surface area contributed by atoms with Crippen LogP contribution in [0.2, 0.25) is 0 Å². The largest absolute Gasteiger partial charge is 0.480 e. The van der Waals surface area contributed by atoms with Crippen molar-refractivity contribution >= 4 is 30.5 Å². The molecule has 0 radical (unpaired) electrons. The fraction of sp³-hybridized carbons (Fsp3) is 0.727. The molecule has 132 valence electrons. The molecule has 0 saturated carbocycles. The predicted molar refractivity (Wildman–Crippen MR) is 83.0 cm³/mol. The van der Waals surface area contributed by atoms with Crippen LogP contribution in [-0.4, -0.2) is 69.6 Å². The van der Waals surface area contributed by atoms with E-state index in [9.17, 15) is 14.4 Å². The summed E-state index contributed by atoms with van der Waals surface area (Å²) in [5.41, 5.74) is 10.4. The number of hydrogen-bond donors (Lipinski definition) is 7. The summed E-state index contributed by atoms with van der Waals surface area (Å²) in [4.78, 5) is 30.3. The molecule has 0 bridgehead atoms. The van der Waals surface area contributed by atoms with Crippen molar-refractivity contribution in [3.05, 3.63) is 0 Å². The van der Waals surface area contributed by atoms with E-state index in [1.165, 1.54) is 0 Å². The molecular formula is C11H25N3O7S. The number of hydrogen-bond acceptors (Lipinski definition) is 7. The third-order valence-electron chi connectivity index (χ3n) is 2.27. The highest BCUT2D eigenvalue weighted by molar-refractivity contribution is 7.80. The summed E-state index contributed by atoms with van der Waals surface area (Å²) >= 11 is 3.72. The van der Waals surface area contributed by atoms with Gasteiger partial charge in [0.2, 0.25) is 0 Å². The van der Waals surface area contributed by atoms with Gasteiger partial charge in [-0.1, -0.05) is 6.42 Å². The molecule has 0 amide bonds. The lowest BCUT2D eigenvalue weighted by atomic mass is 10.1. The van der Waals surface area contributed by atoms with Gasteiger partial charge in [0.25, 0.3) is 0 Å². The van der Waals surface area contributed by atoms with Crippen molar-refractivity contribution in [2.45, 2.75) is 31.3 Å². The molecule has 0 heterocycles. The van der Waals surface area contributed by atoms with Gasteiger partial charge in [0.1, 0.15) is 12.1 Å². The minimum absolute atomic E-state index is 0. The Balaban J connectivity index is -0.000000315. The van der Waals surface area contributed by atoms with Crippen LogP contribution in [0.3, 0.4) is 0 Å². The Morgan fingerprint density at radius 3 is 1.95 bits per heavy atom. The molecule has 0 aromatic heterocycles. The first-order valence-corrected chi connectivity index (χ1v) is 6.86. The Bertz CT molecular complexity index is 331. The van der Waals surface area contributed by atoms with Crippen LogP contribution in [0.25, 0.3) is 0 Å². The summed E-state index contributed by atoms with van der Waals surface area (Å²) in [6.07, 6.45) is 2.16. The molecule has 10 N–H and O–H groups in total. The number of nitrogens with two attached hydrogens (primary N) is 2. The predicted octanol–water partition coefficient (Wildman–Crippen LogP) is -2.25. The maximum atomic E-state index is 10.2. The first kappa shape index (κ1) is 25.5. The monoisotopic (exact) mass is 343 g/mol. The molecule has 0 aliphatic rings. The molecule has 0 aliphatic heterocycles. The highest BCUT2D eigenvalue weighted by Crippen LogP contribution is 1.96. The molecule has 0 rings (SSSR count). The maximum Gasteiger partial charge on any atom is 0.321 e. The van der Waals surface area contributed by atoms with Crippen molar-refractivity contribution in [3.63, 3.8) is 0 Å². The summed E-state index contributed by atoms with van der Waals surface area (Å²) in [5.74, 6) is -3.04. The Hall–Kier alpha value is -1.40. The number of carbonyl (C=O) groups is 3. The second-order valence-corrected chi connectivity index (χ2v) is 4.44. The molecule has 0 aromatic carbocycles. The van der Waals surface area contributed by atoms with Crippen molar-refractivity contribution in [2.24, 2.45) is 11.5 Å². The number of unbranched alkanes of at least 4 members (excludes halogenated alkanes) is 1. The fourth-order valence-electron chi connectivity index (χ4n) is 1.07. The van der Waals surface area contributed by atoms with E-state index < -0.39 is 30.0 Å². The van der Waals surface area contributed by atoms with Gasteiger partial charge in [-0.05, 0) is 19.4 Å². The number of aliphatic carboxylic acids is 3. The molecular weight excluding hydrogens is 318 g/mol. The van der Waals surface area contributed by atoms with E-state index in [1.807, 2.05) is 0 Å². The molecule has 0 spiro atoms. The Kier molecular flexibility index (Phi) is 18.6. The van der Waals surface area contributed by atoms with E-state index in [2.05, 4.69) is 17.9 Å². The smallest absolute Gasteiger partial charge is 0.321 e. The number of rotatable bonds is 10. The van der Waals surface area contributed by atoms with E-state index in [4.69, 9.17) is 26.8 Å². The van der Waals surface area contributed by atoms with Gasteiger partial charge in [-0.15, -0.1) is 0 Å². The van der Waals surface area contributed by atoms with Crippen molar-refractivity contribution in [2.75, 3.05) is 18.8 Å². The molecule has 0 aliphatic carbocycles. The normalized spacial score (nSPS) is 12.1. The average molecular weight is 343 g/mol. The van der Waals surface area contributed by atoms with Gasteiger partial charge >= 0.3 is 17.9 Å². The second-order valence-electron chi connectivity index (χ2n) is 4.08. The van der Waals surface area contributed by atoms with Crippen LogP contribution < -0.4 is 16.8 Å². The van der Waals surface area contributed by atoms with Crippen molar-refractivity contribution in [3.8, 4) is 0 Å². The van der Waals surface area contributed by atoms with Crippen molar-refractivity contribution in [1.82, 2.24) is 5.32 Å². The van der Waals surface area contributed by atoms with E-state index in [0.29, 0.717) is 13.0 Å². The number of carboxylic acids is 3. The van der Waals surface area contributed by atoms with Crippen molar-refractivity contribution in [1.29, 1.82) is 0 Å². The number of carboxylic acid groups (broad SMARTS) is 3. The van der Waals surface area contributed by atoms with Crippen LogP contribution in [0.15, 0.2) is 0 Å². The average Bonchev–Trinajstić information content (AvgIpc) is 2.39. The third-order valence-corrected chi connectivity index (χ3v) is 2.63. The highest BCUT2D eigenvalue weighted by Gasteiger charge is 2.14. The van der Waals surface area contributed by atoms with E-state index in [0.717, 1.165) is 12.8 Å². The zero-order valence-corrected chi connectivity index (χ0v) is 13.0. The molecule has 11 heteroatoms. The molecule has 0 saturated heterocycles. The molecule has 22 heavy (non-hydrogen) atoms. The quantitative estimate of drug-likeness (QED) is 0.168. The number of nitrogens with one attached hydrogen (secondary N) is 1. The third kappa shape index (κ3) is 16.7. The Morgan fingerprint density at radius 2 is 1.64 bits per heavy atom. The summed E-state index contributed by atoms with van der Waals surface area (Å²) in [7, 11) is 0. The zero-order chi connectivity index (χ0) is 16.8. The lowest BCUT2D eigenvalue weighted by Crippen LogP contribution is -2.40. The van der Waals surface area contributed by atoms with Gasteiger partial charge in [-0.2, -0.15) is 12.6 Å². The summed E-state index contributed by atoms with van der Waals surface area (Å²) in [5, 5.41) is 27.2.